The van der Waals surface area contributed by atoms with Gasteiger partial charge in [-0.2, -0.15) is 0 Å². The van der Waals surface area contributed by atoms with Gasteiger partial charge in [0.05, 0.1) is 13.2 Å². The van der Waals surface area contributed by atoms with E-state index in [1.807, 2.05) is 38.1 Å². The second-order valence-electron chi connectivity index (χ2n) is 5.24. The fourth-order valence-corrected chi connectivity index (χ4v) is 2.50. The lowest BCUT2D eigenvalue weighted by atomic mass is 10.1. The summed E-state index contributed by atoms with van der Waals surface area (Å²) in [5.41, 5.74) is 1.21. The molecule has 0 fully saturated rings. The molecule has 2 aromatic rings. The number of ether oxygens (including phenoxy) is 2. The number of nitrogens with zero attached hydrogens (tertiary/aromatic N) is 3. The number of hydrogen-bond acceptors (Lipinski definition) is 5. The molecule has 0 amide bonds. The highest BCUT2D eigenvalue weighted by atomic mass is 16.6. The van der Waals surface area contributed by atoms with E-state index in [0.29, 0.717) is 24.9 Å². The van der Waals surface area contributed by atoms with E-state index in [4.69, 9.17) is 9.47 Å². The highest BCUT2D eigenvalue weighted by Crippen LogP contribution is 2.37. The Hall–Kier alpha value is -2.57. The van der Waals surface area contributed by atoms with Crippen LogP contribution in [0.3, 0.4) is 0 Å². The first-order valence-corrected chi connectivity index (χ1v) is 7.25. The number of fused-ring (bicyclic) bond motifs is 1. The molecular formula is C15H17N3O4. The monoisotopic (exact) mass is 303 g/mol. The van der Waals surface area contributed by atoms with Gasteiger partial charge in [-0.3, -0.25) is 4.57 Å². The molecule has 1 aromatic heterocycles. The molecule has 0 N–H and O–H groups in total. The minimum Gasteiger partial charge on any atom is -0.494 e. The summed E-state index contributed by atoms with van der Waals surface area (Å²) in [6.07, 6.45) is 0.896. The molecule has 1 unspecified atom stereocenters. The van der Waals surface area contributed by atoms with E-state index >= 15 is 0 Å². The number of aromatic nitrogens is 2. The zero-order valence-corrected chi connectivity index (χ0v) is 12.5. The second-order valence-corrected chi connectivity index (χ2v) is 5.24. The van der Waals surface area contributed by atoms with E-state index in [9.17, 15) is 10.1 Å². The molecule has 116 valence electrons. The van der Waals surface area contributed by atoms with Gasteiger partial charge < -0.3 is 19.6 Å². The number of benzene rings is 1. The van der Waals surface area contributed by atoms with Gasteiger partial charge in [-0.25, -0.2) is 0 Å². The molecule has 3 rings (SSSR count). The highest BCUT2D eigenvalue weighted by Gasteiger charge is 2.35. The third-order valence-corrected chi connectivity index (χ3v) is 3.43. The molecule has 0 saturated heterocycles. The molecule has 1 atom stereocenters. The Morgan fingerprint density at radius 1 is 1.45 bits per heavy atom. The van der Waals surface area contributed by atoms with Crippen LogP contribution >= 0.6 is 0 Å². The zero-order chi connectivity index (χ0) is 15.7. The second kappa shape index (κ2) is 5.67. The lowest BCUT2D eigenvalue weighted by Gasteiger charge is -2.07. The largest absolute Gasteiger partial charge is 0.494 e. The Bertz CT molecular complexity index is 694. The van der Waals surface area contributed by atoms with E-state index in [1.54, 1.807) is 4.57 Å². The molecule has 0 radical (unpaired) electrons. The summed E-state index contributed by atoms with van der Waals surface area (Å²) in [5, 5.41) is 11.2. The maximum absolute atomic E-state index is 11.2. The summed E-state index contributed by atoms with van der Waals surface area (Å²) in [7, 11) is 0. The van der Waals surface area contributed by atoms with E-state index in [1.165, 1.54) is 0 Å². The zero-order valence-electron chi connectivity index (χ0n) is 12.5. The topological polar surface area (TPSA) is 79.4 Å². The fraction of sp³-hybridized carbons (Fsp3) is 0.400. The van der Waals surface area contributed by atoms with Crippen LogP contribution in [0, 0.1) is 10.1 Å². The first kappa shape index (κ1) is 14.4. The summed E-state index contributed by atoms with van der Waals surface area (Å²) in [4.78, 5) is 14.8. The van der Waals surface area contributed by atoms with Crippen molar-refractivity contribution >= 4 is 5.82 Å². The van der Waals surface area contributed by atoms with Crippen LogP contribution in [-0.4, -0.2) is 27.2 Å². The number of hydrogen-bond donors (Lipinski definition) is 0. The van der Waals surface area contributed by atoms with Crippen LogP contribution in [0.15, 0.2) is 24.3 Å². The predicted molar refractivity (Wildman–Crippen MR) is 80.2 cm³/mol. The van der Waals surface area contributed by atoms with Crippen molar-refractivity contribution < 1.29 is 14.4 Å². The van der Waals surface area contributed by atoms with Gasteiger partial charge in [-0.05, 0) is 42.5 Å². The van der Waals surface area contributed by atoms with Crippen LogP contribution in [0.25, 0.3) is 11.3 Å². The van der Waals surface area contributed by atoms with Gasteiger partial charge in [-0.1, -0.05) is 6.92 Å². The minimum absolute atomic E-state index is 0.0331. The summed E-state index contributed by atoms with van der Waals surface area (Å²) >= 11 is 0. The first-order chi connectivity index (χ1) is 10.6. The van der Waals surface area contributed by atoms with Crippen molar-refractivity contribution in [3.8, 4) is 23.0 Å². The van der Waals surface area contributed by atoms with E-state index in [2.05, 4.69) is 4.98 Å². The molecular weight excluding hydrogens is 286 g/mol. The number of rotatable bonds is 5. The lowest BCUT2D eigenvalue weighted by molar-refractivity contribution is -0.388. The van der Waals surface area contributed by atoms with Crippen molar-refractivity contribution in [2.24, 2.45) is 0 Å². The van der Waals surface area contributed by atoms with Crippen molar-refractivity contribution in [3.05, 3.63) is 34.4 Å². The van der Waals surface area contributed by atoms with Crippen LogP contribution in [0.4, 0.5) is 5.82 Å². The van der Waals surface area contributed by atoms with Crippen LogP contribution in [0.5, 0.6) is 11.8 Å². The van der Waals surface area contributed by atoms with Gasteiger partial charge in [-0.15, -0.1) is 0 Å². The van der Waals surface area contributed by atoms with E-state index in [-0.39, 0.29) is 11.9 Å². The molecule has 1 aromatic carbocycles. The van der Waals surface area contributed by atoms with Crippen molar-refractivity contribution in [2.45, 2.75) is 32.9 Å². The van der Waals surface area contributed by atoms with Crippen LogP contribution < -0.4 is 9.47 Å². The molecule has 0 bridgehead atoms. The van der Waals surface area contributed by atoms with Gasteiger partial charge >= 0.3 is 11.8 Å². The smallest absolute Gasteiger partial charge is 0.415 e. The molecule has 2 heterocycles. The van der Waals surface area contributed by atoms with Crippen molar-refractivity contribution in [2.75, 3.05) is 6.61 Å². The maximum Gasteiger partial charge on any atom is 0.415 e. The third kappa shape index (κ3) is 2.49. The van der Waals surface area contributed by atoms with Crippen LogP contribution in [0.2, 0.25) is 0 Å². The molecule has 0 saturated carbocycles. The van der Waals surface area contributed by atoms with Crippen molar-refractivity contribution in [1.82, 2.24) is 9.55 Å². The summed E-state index contributed by atoms with van der Waals surface area (Å²) < 4.78 is 12.8. The van der Waals surface area contributed by atoms with Crippen molar-refractivity contribution in [1.29, 1.82) is 0 Å². The Kier molecular flexibility index (Phi) is 3.70. The quantitative estimate of drug-likeness (QED) is 0.626. The molecule has 0 spiro atoms. The lowest BCUT2D eigenvalue weighted by Crippen LogP contribution is -2.09. The average Bonchev–Trinajstić information content (AvgIpc) is 3.01. The molecule has 0 aliphatic carbocycles. The molecule has 7 nitrogen and oxygen atoms in total. The molecule has 1 aliphatic heterocycles. The van der Waals surface area contributed by atoms with Gasteiger partial charge in [0.15, 0.2) is 5.69 Å². The van der Waals surface area contributed by atoms with Gasteiger partial charge in [0.1, 0.15) is 11.9 Å². The fourth-order valence-electron chi connectivity index (χ4n) is 2.50. The number of nitro groups is 1. The number of imidazole rings is 1. The first-order valence-electron chi connectivity index (χ1n) is 7.25. The Morgan fingerprint density at radius 2 is 2.18 bits per heavy atom. The maximum atomic E-state index is 11.2. The van der Waals surface area contributed by atoms with Gasteiger partial charge in [0, 0.05) is 10.5 Å². The summed E-state index contributed by atoms with van der Waals surface area (Å²) in [6.45, 7) is 5.15. The highest BCUT2D eigenvalue weighted by molar-refractivity contribution is 5.70. The van der Waals surface area contributed by atoms with Gasteiger partial charge in [0.25, 0.3) is 0 Å². The Balaban J connectivity index is 1.98. The Morgan fingerprint density at radius 3 is 2.82 bits per heavy atom. The summed E-state index contributed by atoms with van der Waals surface area (Å²) in [5.74, 6) is 0.572. The minimum atomic E-state index is -0.476. The third-order valence-electron chi connectivity index (χ3n) is 3.43. The van der Waals surface area contributed by atoms with Crippen LogP contribution in [-0.2, 0) is 6.54 Å². The predicted octanol–water partition coefficient (Wildman–Crippen LogP) is 3.03. The summed E-state index contributed by atoms with van der Waals surface area (Å²) in [6, 6.07) is 7.55. The average molecular weight is 303 g/mol. The van der Waals surface area contributed by atoms with Crippen molar-refractivity contribution in [3.63, 3.8) is 0 Å². The molecule has 22 heavy (non-hydrogen) atoms. The molecule has 7 heteroatoms. The van der Waals surface area contributed by atoms with E-state index < -0.39 is 4.92 Å². The van der Waals surface area contributed by atoms with Crippen LogP contribution in [0.1, 0.15) is 20.3 Å². The van der Waals surface area contributed by atoms with Gasteiger partial charge in [0.2, 0.25) is 0 Å². The normalized spacial score (nSPS) is 16.2. The molecule has 1 aliphatic rings. The van der Waals surface area contributed by atoms with E-state index in [0.717, 1.165) is 17.7 Å². The standard InChI is InChI=1S/C15H17N3O4/c1-3-8-21-12-6-4-11(5-7-12)13-14(18(19)20)16-15-17(13)9-10(2)22-15/h4-7,10H,3,8-9H2,1-2H3. The Labute approximate surface area is 127 Å². The SMILES string of the molecule is CCCOc1ccc(-c2c([N+](=O)[O-])nc3n2CC(C)O3)cc1.